The minimum Gasteiger partial charge on any atom is -0.326 e. The number of rotatable bonds is 3. The molecule has 1 aromatic rings. The van der Waals surface area contributed by atoms with Crippen molar-refractivity contribution < 1.29 is 12.8 Å². The molecule has 0 aromatic heterocycles. The number of hydrogen-bond donors (Lipinski definition) is 1. The summed E-state index contributed by atoms with van der Waals surface area (Å²) in [7, 11) is -3.68. The van der Waals surface area contributed by atoms with Crippen molar-refractivity contribution in [1.29, 1.82) is 0 Å². The third-order valence-corrected chi connectivity index (χ3v) is 5.48. The van der Waals surface area contributed by atoms with Crippen molar-refractivity contribution in [3.63, 3.8) is 0 Å². The second kappa shape index (κ2) is 5.63. The van der Waals surface area contributed by atoms with Gasteiger partial charge < -0.3 is 5.73 Å². The van der Waals surface area contributed by atoms with Crippen molar-refractivity contribution in [3.8, 4) is 0 Å². The standard InChI is InChI=1S/C14H19FN2O2S/c1-10-4-3-5-17(9-10)20(18,19)14-7-12(8-16)6-13(15)11(14)2/h4,6-7H,3,5,8-9,16H2,1-2H3. The molecular weight excluding hydrogens is 279 g/mol. The minimum absolute atomic E-state index is 0.0210. The first-order chi connectivity index (χ1) is 9.36. The van der Waals surface area contributed by atoms with Crippen molar-refractivity contribution in [2.24, 2.45) is 5.73 Å². The summed E-state index contributed by atoms with van der Waals surface area (Å²) in [6.45, 7) is 4.27. The Bertz CT molecular complexity index is 653. The molecule has 1 heterocycles. The van der Waals surface area contributed by atoms with Gasteiger partial charge in [0.1, 0.15) is 5.82 Å². The Labute approximate surface area is 119 Å². The lowest BCUT2D eigenvalue weighted by molar-refractivity contribution is 0.427. The van der Waals surface area contributed by atoms with Crippen LogP contribution in [-0.4, -0.2) is 25.8 Å². The Morgan fingerprint density at radius 2 is 2.05 bits per heavy atom. The lowest BCUT2D eigenvalue weighted by Gasteiger charge is -2.26. The maximum Gasteiger partial charge on any atom is 0.243 e. The van der Waals surface area contributed by atoms with Gasteiger partial charge >= 0.3 is 0 Å². The summed E-state index contributed by atoms with van der Waals surface area (Å²) >= 11 is 0. The second-order valence-corrected chi connectivity index (χ2v) is 6.99. The smallest absolute Gasteiger partial charge is 0.243 e. The van der Waals surface area contributed by atoms with Crippen LogP contribution in [0.1, 0.15) is 24.5 Å². The number of nitrogens with zero attached hydrogens (tertiary/aromatic N) is 1. The lowest BCUT2D eigenvalue weighted by Crippen LogP contribution is -2.36. The van der Waals surface area contributed by atoms with E-state index in [9.17, 15) is 12.8 Å². The molecule has 1 aliphatic rings. The van der Waals surface area contributed by atoms with Crippen LogP contribution >= 0.6 is 0 Å². The molecule has 0 fully saturated rings. The molecule has 4 nitrogen and oxygen atoms in total. The third kappa shape index (κ3) is 2.77. The topological polar surface area (TPSA) is 63.4 Å². The van der Waals surface area contributed by atoms with Crippen LogP contribution in [0.5, 0.6) is 0 Å². The fraction of sp³-hybridized carbons (Fsp3) is 0.429. The van der Waals surface area contributed by atoms with E-state index in [1.54, 1.807) is 0 Å². The summed E-state index contributed by atoms with van der Waals surface area (Å²) in [6.07, 6.45) is 2.71. The molecular formula is C14H19FN2O2S. The molecule has 0 bridgehead atoms. The summed E-state index contributed by atoms with van der Waals surface area (Å²) < 4.78 is 40.6. The number of benzene rings is 1. The van der Waals surface area contributed by atoms with Crippen LogP contribution in [0.3, 0.4) is 0 Å². The zero-order chi connectivity index (χ0) is 14.9. The van der Waals surface area contributed by atoms with Gasteiger partial charge in [-0.2, -0.15) is 4.31 Å². The highest BCUT2D eigenvalue weighted by molar-refractivity contribution is 7.89. The van der Waals surface area contributed by atoms with Crippen molar-refractivity contribution in [3.05, 3.63) is 40.7 Å². The van der Waals surface area contributed by atoms with E-state index in [1.165, 1.54) is 23.4 Å². The molecule has 110 valence electrons. The summed E-state index contributed by atoms with van der Waals surface area (Å²) in [5, 5.41) is 0. The maximum atomic E-state index is 13.9. The predicted octanol–water partition coefficient (Wildman–Crippen LogP) is 1.93. The summed E-state index contributed by atoms with van der Waals surface area (Å²) in [5.74, 6) is -0.532. The van der Waals surface area contributed by atoms with Gasteiger partial charge in [0.25, 0.3) is 0 Å². The average molecular weight is 298 g/mol. The Kier molecular flexibility index (Phi) is 4.27. The summed E-state index contributed by atoms with van der Waals surface area (Å²) in [5.41, 5.74) is 7.13. The molecule has 1 aliphatic heterocycles. The van der Waals surface area contributed by atoms with Crippen LogP contribution in [0.15, 0.2) is 28.7 Å². The Morgan fingerprint density at radius 1 is 1.35 bits per heavy atom. The Hall–Kier alpha value is -1.24. The SMILES string of the molecule is CC1=CCCN(S(=O)(=O)c2cc(CN)cc(F)c2C)C1. The minimum atomic E-state index is -3.68. The number of hydrogen-bond acceptors (Lipinski definition) is 3. The van der Waals surface area contributed by atoms with E-state index in [0.717, 1.165) is 5.57 Å². The molecule has 2 rings (SSSR count). The molecule has 0 unspecified atom stereocenters. The normalized spacial score (nSPS) is 17.1. The number of halogens is 1. The molecule has 20 heavy (non-hydrogen) atoms. The first-order valence-corrected chi connectivity index (χ1v) is 7.95. The van der Waals surface area contributed by atoms with E-state index in [0.29, 0.717) is 25.1 Å². The molecule has 0 aliphatic carbocycles. The second-order valence-electron chi connectivity index (χ2n) is 5.08. The molecule has 6 heteroatoms. The zero-order valence-corrected chi connectivity index (χ0v) is 12.5. The molecule has 1 aromatic carbocycles. The molecule has 2 N–H and O–H groups in total. The Balaban J connectivity index is 2.49. The van der Waals surface area contributed by atoms with E-state index in [2.05, 4.69) is 0 Å². The summed E-state index contributed by atoms with van der Waals surface area (Å²) in [4.78, 5) is 0.0210. The summed E-state index contributed by atoms with van der Waals surface area (Å²) in [6, 6.07) is 2.76. The molecule has 0 amide bonds. The zero-order valence-electron chi connectivity index (χ0n) is 11.7. The average Bonchev–Trinajstić information content (AvgIpc) is 2.41. The first kappa shape index (κ1) is 15.2. The maximum absolute atomic E-state index is 13.9. The number of sulfonamides is 1. The van der Waals surface area contributed by atoms with E-state index < -0.39 is 15.8 Å². The van der Waals surface area contributed by atoms with Gasteiger partial charge in [-0.3, -0.25) is 0 Å². The predicted molar refractivity (Wildman–Crippen MR) is 76.2 cm³/mol. The van der Waals surface area contributed by atoms with Gasteiger partial charge in [-0.1, -0.05) is 11.6 Å². The first-order valence-electron chi connectivity index (χ1n) is 6.51. The van der Waals surface area contributed by atoms with E-state index in [1.807, 2.05) is 13.0 Å². The monoisotopic (exact) mass is 298 g/mol. The van der Waals surface area contributed by atoms with Crippen LogP contribution in [0.25, 0.3) is 0 Å². The van der Waals surface area contributed by atoms with Crippen molar-refractivity contribution in [2.45, 2.75) is 31.7 Å². The fourth-order valence-electron chi connectivity index (χ4n) is 2.31. The Morgan fingerprint density at radius 3 is 2.65 bits per heavy atom. The molecule has 0 saturated carbocycles. The van der Waals surface area contributed by atoms with Crippen LogP contribution in [0.4, 0.5) is 4.39 Å². The highest BCUT2D eigenvalue weighted by Crippen LogP contribution is 2.26. The van der Waals surface area contributed by atoms with Gasteiger partial charge in [0.15, 0.2) is 0 Å². The van der Waals surface area contributed by atoms with Gasteiger partial charge in [0.2, 0.25) is 10.0 Å². The largest absolute Gasteiger partial charge is 0.326 e. The van der Waals surface area contributed by atoms with E-state index >= 15 is 0 Å². The molecule has 0 radical (unpaired) electrons. The van der Waals surface area contributed by atoms with Crippen molar-refractivity contribution in [1.82, 2.24) is 4.31 Å². The van der Waals surface area contributed by atoms with E-state index in [4.69, 9.17) is 5.73 Å². The van der Waals surface area contributed by atoms with Crippen LogP contribution in [0, 0.1) is 12.7 Å². The van der Waals surface area contributed by atoms with Gasteiger partial charge in [0, 0.05) is 25.2 Å². The fourth-order valence-corrected chi connectivity index (χ4v) is 4.10. The quantitative estimate of drug-likeness (QED) is 0.867. The van der Waals surface area contributed by atoms with Gasteiger partial charge in [0.05, 0.1) is 4.90 Å². The van der Waals surface area contributed by atoms with Crippen molar-refractivity contribution >= 4 is 10.0 Å². The van der Waals surface area contributed by atoms with E-state index in [-0.39, 0.29) is 17.0 Å². The van der Waals surface area contributed by atoms with Gasteiger partial charge in [-0.05, 0) is 38.0 Å². The third-order valence-electron chi connectivity index (χ3n) is 3.51. The highest BCUT2D eigenvalue weighted by atomic mass is 32.2. The van der Waals surface area contributed by atoms with Crippen LogP contribution in [0.2, 0.25) is 0 Å². The van der Waals surface area contributed by atoms with Gasteiger partial charge in [-0.15, -0.1) is 0 Å². The molecule has 0 spiro atoms. The van der Waals surface area contributed by atoms with Gasteiger partial charge in [-0.25, -0.2) is 12.8 Å². The highest BCUT2D eigenvalue weighted by Gasteiger charge is 2.28. The molecule has 0 atom stereocenters. The van der Waals surface area contributed by atoms with Crippen LogP contribution in [-0.2, 0) is 16.6 Å². The molecule has 0 saturated heterocycles. The lowest BCUT2D eigenvalue weighted by atomic mass is 10.1. The van der Waals surface area contributed by atoms with Crippen LogP contribution < -0.4 is 5.73 Å². The van der Waals surface area contributed by atoms with Crippen molar-refractivity contribution in [2.75, 3.05) is 13.1 Å². The number of nitrogens with two attached hydrogens (primary N) is 1.